The molecule has 0 aliphatic heterocycles. The van der Waals surface area contributed by atoms with Crippen LogP contribution in [0.15, 0.2) is 47.5 Å². The van der Waals surface area contributed by atoms with Gasteiger partial charge in [0.25, 0.3) is 0 Å². The Bertz CT molecular complexity index is 1030. The molecule has 0 amide bonds. The average Bonchev–Trinajstić information content (AvgIpc) is 2.66. The highest BCUT2D eigenvalue weighted by Gasteiger charge is 2.51. The number of nitrogens with two attached hydrogens (primary N) is 1. The molecule has 30 heavy (non-hydrogen) atoms. The van der Waals surface area contributed by atoms with Crippen LogP contribution < -0.4 is 15.8 Å². The largest absolute Gasteiger partial charge is 0.421 e. The summed E-state index contributed by atoms with van der Waals surface area (Å²) in [5.41, 5.74) is 2.53. The van der Waals surface area contributed by atoms with E-state index in [1.807, 2.05) is 0 Å². The lowest BCUT2D eigenvalue weighted by Gasteiger charge is -2.27. The van der Waals surface area contributed by atoms with Crippen molar-refractivity contribution < 1.29 is 26.7 Å². The van der Waals surface area contributed by atoms with Crippen LogP contribution in [0.4, 0.5) is 24.7 Å². The number of hydrogen-bond donors (Lipinski definition) is 4. The van der Waals surface area contributed by atoms with Gasteiger partial charge in [0.2, 0.25) is 10.0 Å². The lowest BCUT2D eigenvalue weighted by molar-refractivity contribution is -0.258. The molecule has 7 nitrogen and oxygen atoms in total. The number of nitrogens with one attached hydrogen (secondary N) is 2. The fraction of sp³-hybridized carbons (Fsp3) is 0.316. The van der Waals surface area contributed by atoms with Crippen LogP contribution >= 0.6 is 0 Å². The second-order valence-corrected chi connectivity index (χ2v) is 8.28. The van der Waals surface area contributed by atoms with E-state index in [1.165, 1.54) is 24.3 Å². The molecule has 5 N–H and O–H groups in total. The van der Waals surface area contributed by atoms with Crippen LogP contribution in [0, 0.1) is 11.8 Å². The molecule has 11 heteroatoms. The Balaban J connectivity index is 2.10. The van der Waals surface area contributed by atoms with Gasteiger partial charge in [0, 0.05) is 18.4 Å². The van der Waals surface area contributed by atoms with Crippen molar-refractivity contribution in [1.82, 2.24) is 9.71 Å². The molecule has 2 rings (SSSR count). The molecule has 0 fully saturated rings. The van der Waals surface area contributed by atoms with E-state index >= 15 is 0 Å². The van der Waals surface area contributed by atoms with Crippen LogP contribution in [0.1, 0.15) is 19.4 Å². The Morgan fingerprint density at radius 2 is 1.83 bits per heavy atom. The third kappa shape index (κ3) is 5.63. The van der Waals surface area contributed by atoms with Gasteiger partial charge in [-0.25, -0.2) is 18.1 Å². The Hall–Kier alpha value is -2.81. The van der Waals surface area contributed by atoms with Gasteiger partial charge < -0.3 is 16.2 Å². The van der Waals surface area contributed by atoms with Gasteiger partial charge in [0.1, 0.15) is 16.8 Å². The molecule has 0 aliphatic carbocycles. The van der Waals surface area contributed by atoms with E-state index in [0.29, 0.717) is 12.6 Å². The van der Waals surface area contributed by atoms with Gasteiger partial charge in [-0.3, -0.25) is 0 Å². The monoisotopic (exact) mass is 442 g/mol. The minimum atomic E-state index is -4.83. The number of nitrogens with zero attached hydrogens (tertiary/aromatic N) is 1. The fourth-order valence-electron chi connectivity index (χ4n) is 2.40. The van der Waals surface area contributed by atoms with Crippen LogP contribution in [0.5, 0.6) is 0 Å². The smallest absolute Gasteiger partial charge is 0.384 e. The van der Waals surface area contributed by atoms with Crippen LogP contribution in [0.25, 0.3) is 0 Å². The van der Waals surface area contributed by atoms with Gasteiger partial charge in [0.15, 0.2) is 5.60 Å². The summed E-state index contributed by atoms with van der Waals surface area (Å²) >= 11 is 0. The Kier molecular flexibility index (Phi) is 6.97. The summed E-state index contributed by atoms with van der Waals surface area (Å²) in [5.74, 6) is 5.62. The van der Waals surface area contributed by atoms with Crippen LogP contribution in [0.2, 0.25) is 0 Å². The van der Waals surface area contributed by atoms with Crippen molar-refractivity contribution in [3.05, 3.63) is 48.2 Å². The predicted molar refractivity (Wildman–Crippen MR) is 107 cm³/mol. The predicted octanol–water partition coefficient (Wildman–Crippen LogP) is 2.22. The first-order valence-electron chi connectivity index (χ1n) is 8.66. The van der Waals surface area contributed by atoms with Crippen LogP contribution in [-0.4, -0.2) is 37.3 Å². The molecule has 0 saturated heterocycles. The number of pyridine rings is 1. The number of halogens is 3. The van der Waals surface area contributed by atoms with Gasteiger partial charge >= 0.3 is 6.18 Å². The lowest BCUT2D eigenvalue weighted by atomic mass is 9.95. The number of rotatable bonds is 7. The molecule has 0 unspecified atom stereocenters. The Morgan fingerprint density at radius 3 is 2.33 bits per heavy atom. The van der Waals surface area contributed by atoms with Gasteiger partial charge in [-0.05, 0) is 43.7 Å². The standard InChI is InChI=1S/C19H21F3N4O3S/c1-3-4-15(11-25-30(28,29)16-9-10-17(23)24-12-16)26-14-7-5-13(6-8-14)18(2,27)19(20,21)22/h5-10,12,15,25-27H,11H2,1-2H3,(H2,23,24)/t15-,18-/m0/s1. The number of hydrogen-bond acceptors (Lipinski definition) is 6. The van der Waals surface area contributed by atoms with Crippen LogP contribution in [0.3, 0.4) is 0 Å². The quantitative estimate of drug-likeness (QED) is 0.489. The van der Waals surface area contributed by atoms with E-state index in [9.17, 15) is 26.7 Å². The summed E-state index contributed by atoms with van der Waals surface area (Å²) in [6.07, 6.45) is -3.70. The molecule has 1 heterocycles. The lowest BCUT2D eigenvalue weighted by Crippen LogP contribution is -2.39. The van der Waals surface area contributed by atoms with Gasteiger partial charge in [-0.2, -0.15) is 13.2 Å². The second kappa shape index (κ2) is 8.91. The summed E-state index contributed by atoms with van der Waals surface area (Å²) in [7, 11) is -3.86. The number of aliphatic hydroxyl groups is 1. The first kappa shape index (κ1) is 23.5. The minimum absolute atomic E-state index is 0.0707. The zero-order chi connectivity index (χ0) is 22.6. The number of anilines is 2. The van der Waals surface area contributed by atoms with Crippen molar-refractivity contribution in [2.75, 3.05) is 17.6 Å². The molecular weight excluding hydrogens is 421 g/mol. The maximum absolute atomic E-state index is 12.9. The van der Waals surface area contributed by atoms with Gasteiger partial charge in [0.05, 0.1) is 0 Å². The molecular formula is C19H21F3N4O3S. The highest BCUT2D eigenvalue weighted by Crippen LogP contribution is 2.38. The molecule has 0 bridgehead atoms. The number of alkyl halides is 3. The molecule has 0 spiro atoms. The van der Waals surface area contributed by atoms with Gasteiger partial charge in [-0.1, -0.05) is 18.1 Å². The maximum Gasteiger partial charge on any atom is 0.421 e. The van der Waals surface area contributed by atoms with Crippen molar-refractivity contribution >= 4 is 21.5 Å². The second-order valence-electron chi connectivity index (χ2n) is 6.51. The van der Waals surface area contributed by atoms with Crippen molar-refractivity contribution in [3.8, 4) is 11.8 Å². The number of nitrogen functional groups attached to an aromatic ring is 1. The zero-order valence-corrected chi connectivity index (χ0v) is 17.0. The normalized spacial score (nSPS) is 14.9. The number of benzene rings is 1. The third-order valence-electron chi connectivity index (χ3n) is 4.21. The fourth-order valence-corrected chi connectivity index (χ4v) is 3.39. The van der Waals surface area contributed by atoms with Gasteiger partial charge in [-0.15, -0.1) is 5.92 Å². The first-order chi connectivity index (χ1) is 13.9. The summed E-state index contributed by atoms with van der Waals surface area (Å²) in [4.78, 5) is 3.67. The highest BCUT2D eigenvalue weighted by molar-refractivity contribution is 7.89. The SMILES string of the molecule is CC#C[C@@H](CNS(=O)(=O)c1ccc(N)nc1)Nc1ccc([C@](C)(O)C(F)(F)F)cc1. The molecule has 0 saturated carbocycles. The third-order valence-corrected chi connectivity index (χ3v) is 5.61. The van der Waals surface area contributed by atoms with Crippen molar-refractivity contribution in [2.24, 2.45) is 0 Å². The van der Waals surface area contributed by atoms with E-state index in [1.54, 1.807) is 6.92 Å². The molecule has 1 aromatic heterocycles. The topological polar surface area (TPSA) is 117 Å². The summed E-state index contributed by atoms with van der Waals surface area (Å²) in [5, 5.41) is 12.7. The number of sulfonamides is 1. The van der Waals surface area contributed by atoms with Crippen molar-refractivity contribution in [1.29, 1.82) is 0 Å². The summed E-state index contributed by atoms with van der Waals surface area (Å²) in [6.45, 7) is 2.12. The summed E-state index contributed by atoms with van der Waals surface area (Å²) in [6, 6.07) is 6.96. The van der Waals surface area contributed by atoms with E-state index < -0.39 is 27.8 Å². The highest BCUT2D eigenvalue weighted by atomic mass is 32.2. The molecule has 2 aromatic rings. The zero-order valence-electron chi connectivity index (χ0n) is 16.2. The number of aromatic nitrogens is 1. The van der Waals surface area contributed by atoms with E-state index in [2.05, 4.69) is 26.9 Å². The molecule has 162 valence electrons. The van der Waals surface area contributed by atoms with Crippen LogP contribution in [-0.2, 0) is 15.6 Å². The summed E-state index contributed by atoms with van der Waals surface area (Å²) < 4.78 is 65.9. The van der Waals surface area contributed by atoms with E-state index in [4.69, 9.17) is 5.73 Å². The van der Waals surface area contributed by atoms with Crippen molar-refractivity contribution in [3.63, 3.8) is 0 Å². The van der Waals surface area contributed by atoms with E-state index in [0.717, 1.165) is 18.3 Å². The Labute approximate surface area is 172 Å². The average molecular weight is 442 g/mol. The van der Waals surface area contributed by atoms with E-state index in [-0.39, 0.29) is 22.8 Å². The van der Waals surface area contributed by atoms with Crippen molar-refractivity contribution in [2.45, 2.75) is 36.6 Å². The molecule has 0 aliphatic rings. The molecule has 2 atom stereocenters. The molecule has 1 aromatic carbocycles. The first-order valence-corrected chi connectivity index (χ1v) is 10.1. The molecule has 0 radical (unpaired) electrons. The maximum atomic E-state index is 12.9. The minimum Gasteiger partial charge on any atom is -0.384 e. The Morgan fingerprint density at radius 1 is 1.20 bits per heavy atom.